The molecule has 0 saturated carbocycles. The van der Waals surface area contributed by atoms with Crippen LogP contribution in [0.5, 0.6) is 0 Å². The maximum absolute atomic E-state index is 13.5. The van der Waals surface area contributed by atoms with Gasteiger partial charge in [0.05, 0.1) is 5.92 Å². The maximum atomic E-state index is 13.5. The van der Waals surface area contributed by atoms with Crippen molar-refractivity contribution in [2.75, 3.05) is 37.6 Å². The van der Waals surface area contributed by atoms with Gasteiger partial charge in [0, 0.05) is 50.9 Å². The minimum absolute atomic E-state index is 0.0448. The average Bonchev–Trinajstić information content (AvgIpc) is 3.16. The first-order chi connectivity index (χ1) is 14.1. The van der Waals surface area contributed by atoms with E-state index in [1.165, 1.54) is 0 Å². The number of nitrogens with zero attached hydrogens (tertiary/aromatic N) is 3. The van der Waals surface area contributed by atoms with Crippen LogP contribution in [0.15, 0.2) is 18.2 Å². The molecule has 0 spiro atoms. The molecular formula is C23H32FN3O2. The normalized spacial score (nSPS) is 22.7. The summed E-state index contributed by atoms with van der Waals surface area (Å²) >= 11 is 0. The number of likely N-dealkylation sites (tertiary alicyclic amines) is 2. The van der Waals surface area contributed by atoms with E-state index in [1.807, 2.05) is 22.8 Å². The maximum Gasteiger partial charge on any atom is 0.227 e. The van der Waals surface area contributed by atoms with Crippen LogP contribution in [-0.2, 0) is 16.0 Å². The molecule has 5 nitrogen and oxygen atoms in total. The molecule has 1 atom stereocenters. The highest BCUT2D eigenvalue weighted by Crippen LogP contribution is 2.33. The zero-order valence-corrected chi connectivity index (χ0v) is 17.4. The smallest absolute Gasteiger partial charge is 0.227 e. The Bertz CT molecular complexity index is 760. The van der Waals surface area contributed by atoms with Crippen LogP contribution in [0.2, 0.25) is 0 Å². The molecule has 158 valence electrons. The minimum atomic E-state index is -0.162. The Balaban J connectivity index is 1.32. The van der Waals surface area contributed by atoms with Crippen molar-refractivity contribution in [3.8, 4) is 0 Å². The largest absolute Gasteiger partial charge is 0.368 e. The zero-order chi connectivity index (χ0) is 20.4. The van der Waals surface area contributed by atoms with Crippen molar-refractivity contribution in [1.82, 2.24) is 9.80 Å². The fraction of sp³-hybridized carbons (Fsp3) is 0.652. The Morgan fingerprint density at radius 2 is 1.86 bits per heavy atom. The van der Waals surface area contributed by atoms with E-state index in [0.29, 0.717) is 19.0 Å². The number of piperidine rings is 2. The summed E-state index contributed by atoms with van der Waals surface area (Å²) in [5, 5.41) is 0. The van der Waals surface area contributed by atoms with Crippen LogP contribution >= 0.6 is 0 Å². The first-order valence-corrected chi connectivity index (χ1v) is 11.2. The SMILES string of the molecule is CCCC(=O)N1CCCC(C(=O)N2CCC(N3CCc4cc(F)ccc43)CC2)C1. The van der Waals surface area contributed by atoms with Crippen LogP contribution in [0.1, 0.15) is 51.0 Å². The molecule has 0 aromatic heterocycles. The number of carbonyl (C=O) groups excluding carboxylic acids is 2. The quantitative estimate of drug-likeness (QED) is 0.778. The van der Waals surface area contributed by atoms with E-state index in [-0.39, 0.29) is 23.5 Å². The van der Waals surface area contributed by atoms with Gasteiger partial charge in [0.1, 0.15) is 5.82 Å². The molecule has 2 fully saturated rings. The number of halogens is 1. The Morgan fingerprint density at radius 1 is 1.07 bits per heavy atom. The number of amides is 2. The Hall–Kier alpha value is -2.11. The standard InChI is InChI=1S/C23H32FN3O2/c1-2-4-22(28)26-11-3-5-18(16-26)23(29)25-12-9-20(10-13-25)27-14-8-17-15-19(24)6-7-21(17)27/h6-7,15,18,20H,2-5,8-14,16H2,1H3. The van der Waals surface area contributed by atoms with Crippen LogP contribution in [0, 0.1) is 11.7 Å². The number of rotatable bonds is 4. The summed E-state index contributed by atoms with van der Waals surface area (Å²) in [6, 6.07) is 5.52. The molecule has 2 amide bonds. The first kappa shape index (κ1) is 20.2. The van der Waals surface area contributed by atoms with Crippen molar-refractivity contribution in [3.05, 3.63) is 29.6 Å². The lowest BCUT2D eigenvalue weighted by Gasteiger charge is -2.40. The van der Waals surface area contributed by atoms with E-state index in [9.17, 15) is 14.0 Å². The van der Waals surface area contributed by atoms with Crippen LogP contribution in [-0.4, -0.2) is 60.4 Å². The molecule has 0 N–H and O–H groups in total. The van der Waals surface area contributed by atoms with Crippen molar-refractivity contribution in [3.63, 3.8) is 0 Å². The molecule has 3 heterocycles. The molecule has 3 aliphatic heterocycles. The molecule has 2 saturated heterocycles. The summed E-state index contributed by atoms with van der Waals surface area (Å²) in [5.74, 6) is 0.204. The lowest BCUT2D eigenvalue weighted by atomic mass is 9.94. The van der Waals surface area contributed by atoms with Crippen molar-refractivity contribution in [2.24, 2.45) is 5.92 Å². The summed E-state index contributed by atoms with van der Waals surface area (Å²) < 4.78 is 13.5. The molecule has 0 aliphatic carbocycles. The third kappa shape index (κ3) is 4.26. The van der Waals surface area contributed by atoms with Crippen molar-refractivity contribution in [2.45, 2.75) is 57.9 Å². The van der Waals surface area contributed by atoms with Crippen LogP contribution < -0.4 is 4.90 Å². The second kappa shape index (κ2) is 8.72. The zero-order valence-electron chi connectivity index (χ0n) is 17.4. The molecule has 6 heteroatoms. The lowest BCUT2D eigenvalue weighted by molar-refractivity contribution is -0.141. The highest BCUT2D eigenvalue weighted by Gasteiger charge is 2.35. The van der Waals surface area contributed by atoms with E-state index in [0.717, 1.165) is 76.0 Å². The molecule has 0 bridgehead atoms. The Kier molecular flexibility index (Phi) is 6.07. The van der Waals surface area contributed by atoms with Crippen molar-refractivity contribution < 1.29 is 14.0 Å². The van der Waals surface area contributed by atoms with Gasteiger partial charge in [0.2, 0.25) is 11.8 Å². The van der Waals surface area contributed by atoms with Gasteiger partial charge >= 0.3 is 0 Å². The number of carbonyl (C=O) groups is 2. The second-order valence-corrected chi connectivity index (χ2v) is 8.70. The predicted octanol–water partition coefficient (Wildman–Crippen LogP) is 3.22. The van der Waals surface area contributed by atoms with Crippen molar-refractivity contribution in [1.29, 1.82) is 0 Å². The molecule has 1 unspecified atom stereocenters. The number of hydrogen-bond donors (Lipinski definition) is 0. The predicted molar refractivity (Wildman–Crippen MR) is 111 cm³/mol. The van der Waals surface area contributed by atoms with Gasteiger partial charge < -0.3 is 14.7 Å². The Morgan fingerprint density at radius 3 is 2.62 bits per heavy atom. The first-order valence-electron chi connectivity index (χ1n) is 11.2. The monoisotopic (exact) mass is 401 g/mol. The Labute approximate surface area is 172 Å². The second-order valence-electron chi connectivity index (χ2n) is 8.70. The summed E-state index contributed by atoms with van der Waals surface area (Å²) in [7, 11) is 0. The van der Waals surface area contributed by atoms with E-state index >= 15 is 0 Å². The summed E-state index contributed by atoms with van der Waals surface area (Å²) in [4.78, 5) is 31.6. The fourth-order valence-corrected chi connectivity index (χ4v) is 5.21. The molecule has 1 aromatic carbocycles. The highest BCUT2D eigenvalue weighted by atomic mass is 19.1. The summed E-state index contributed by atoms with van der Waals surface area (Å²) in [6.07, 6.45) is 6.04. The highest BCUT2D eigenvalue weighted by molar-refractivity contribution is 5.81. The van der Waals surface area contributed by atoms with Gasteiger partial charge in [-0.05, 0) is 62.3 Å². The van der Waals surface area contributed by atoms with Gasteiger partial charge in [-0.15, -0.1) is 0 Å². The topological polar surface area (TPSA) is 43.9 Å². The van der Waals surface area contributed by atoms with Gasteiger partial charge in [-0.3, -0.25) is 9.59 Å². The fourth-order valence-electron chi connectivity index (χ4n) is 5.21. The number of anilines is 1. The summed E-state index contributed by atoms with van der Waals surface area (Å²) in [6.45, 7) is 5.88. The van der Waals surface area contributed by atoms with Gasteiger partial charge in [-0.1, -0.05) is 6.92 Å². The van der Waals surface area contributed by atoms with Crippen LogP contribution in [0.3, 0.4) is 0 Å². The van der Waals surface area contributed by atoms with Gasteiger partial charge in [-0.25, -0.2) is 4.39 Å². The number of benzene rings is 1. The van der Waals surface area contributed by atoms with Crippen LogP contribution in [0.25, 0.3) is 0 Å². The molecular weight excluding hydrogens is 369 g/mol. The minimum Gasteiger partial charge on any atom is -0.368 e. The summed E-state index contributed by atoms with van der Waals surface area (Å²) in [5.41, 5.74) is 2.26. The molecule has 29 heavy (non-hydrogen) atoms. The van der Waals surface area contributed by atoms with E-state index < -0.39 is 0 Å². The molecule has 3 aliphatic rings. The van der Waals surface area contributed by atoms with E-state index in [2.05, 4.69) is 4.90 Å². The van der Waals surface area contributed by atoms with Gasteiger partial charge in [-0.2, -0.15) is 0 Å². The third-order valence-electron chi connectivity index (χ3n) is 6.78. The number of fused-ring (bicyclic) bond motifs is 1. The molecule has 4 rings (SSSR count). The van der Waals surface area contributed by atoms with E-state index in [1.54, 1.807) is 12.1 Å². The number of hydrogen-bond acceptors (Lipinski definition) is 3. The molecule has 0 radical (unpaired) electrons. The average molecular weight is 402 g/mol. The van der Waals surface area contributed by atoms with Gasteiger partial charge in [0.25, 0.3) is 0 Å². The third-order valence-corrected chi connectivity index (χ3v) is 6.78. The van der Waals surface area contributed by atoms with Crippen molar-refractivity contribution >= 4 is 17.5 Å². The van der Waals surface area contributed by atoms with E-state index in [4.69, 9.17) is 0 Å². The molecule has 1 aromatic rings. The lowest BCUT2D eigenvalue weighted by Crippen LogP contribution is -2.51. The van der Waals surface area contributed by atoms with Crippen LogP contribution in [0.4, 0.5) is 10.1 Å². The van der Waals surface area contributed by atoms with Gasteiger partial charge in [0.15, 0.2) is 0 Å².